The average molecular weight is 337 g/mol. The Kier molecular flexibility index (Phi) is 5.35. The van der Waals surface area contributed by atoms with Crippen LogP contribution in [0.25, 0.3) is 11.1 Å². The lowest BCUT2D eigenvalue weighted by Gasteiger charge is -2.12. The molecule has 1 atom stereocenters. The van der Waals surface area contributed by atoms with Gasteiger partial charge in [-0.05, 0) is 23.1 Å². The van der Waals surface area contributed by atoms with Gasteiger partial charge in [-0.3, -0.25) is 0 Å². The predicted molar refractivity (Wildman–Crippen MR) is 80.7 cm³/mol. The number of benzene rings is 2. The van der Waals surface area contributed by atoms with Crippen LogP contribution in [-0.4, -0.2) is 24.2 Å². The van der Waals surface area contributed by atoms with Crippen LogP contribution in [0.15, 0.2) is 54.6 Å². The van der Waals surface area contributed by atoms with Crippen molar-refractivity contribution in [2.24, 2.45) is 5.73 Å². The first kappa shape index (κ1) is 17.7. The molecular weight excluding hydrogens is 323 g/mol. The first-order valence-corrected chi connectivity index (χ1v) is 7.00. The van der Waals surface area contributed by atoms with E-state index in [1.54, 1.807) is 12.1 Å². The van der Waals surface area contributed by atoms with Gasteiger partial charge in [-0.15, -0.1) is 0 Å². The second kappa shape index (κ2) is 7.27. The quantitative estimate of drug-likeness (QED) is 0.688. The Morgan fingerprint density at radius 1 is 0.958 bits per heavy atom. The fourth-order valence-corrected chi connectivity index (χ4v) is 2.03. The van der Waals surface area contributed by atoms with E-state index in [4.69, 9.17) is 5.73 Å². The van der Waals surface area contributed by atoms with E-state index in [1.807, 2.05) is 42.5 Å². The van der Waals surface area contributed by atoms with Gasteiger partial charge in [-0.1, -0.05) is 54.6 Å². The van der Waals surface area contributed by atoms with Crippen LogP contribution in [-0.2, 0) is 20.7 Å². The number of halogens is 3. The van der Waals surface area contributed by atoms with Gasteiger partial charge in [-0.25, -0.2) is 9.59 Å². The highest BCUT2D eigenvalue weighted by molar-refractivity contribution is 5.90. The molecule has 24 heavy (non-hydrogen) atoms. The number of ether oxygens (including phenoxy) is 1. The Hall–Kier alpha value is -2.67. The van der Waals surface area contributed by atoms with Crippen molar-refractivity contribution >= 4 is 11.9 Å². The molecule has 4 nitrogen and oxygen atoms in total. The Labute approximate surface area is 136 Å². The van der Waals surface area contributed by atoms with Gasteiger partial charge in [0.1, 0.15) is 6.04 Å². The van der Waals surface area contributed by atoms with Crippen molar-refractivity contribution in [2.45, 2.75) is 18.6 Å². The van der Waals surface area contributed by atoms with E-state index < -0.39 is 24.2 Å². The van der Waals surface area contributed by atoms with Crippen molar-refractivity contribution in [1.29, 1.82) is 0 Å². The highest BCUT2D eigenvalue weighted by Gasteiger charge is 2.43. The molecule has 2 aromatic rings. The minimum absolute atomic E-state index is 0.0426. The number of hydrogen-bond donors (Lipinski definition) is 1. The summed E-state index contributed by atoms with van der Waals surface area (Å²) in [6, 6.07) is 15.2. The first-order chi connectivity index (χ1) is 11.3. The maximum Gasteiger partial charge on any atom is 0.491 e. The summed E-state index contributed by atoms with van der Waals surface area (Å²) >= 11 is 0. The average Bonchev–Trinajstić information content (AvgIpc) is 2.55. The molecule has 2 N–H and O–H groups in total. The summed E-state index contributed by atoms with van der Waals surface area (Å²) in [6.07, 6.45) is -5.27. The number of hydrogen-bond acceptors (Lipinski definition) is 4. The van der Waals surface area contributed by atoms with Gasteiger partial charge in [0, 0.05) is 0 Å². The normalized spacial score (nSPS) is 12.5. The lowest BCUT2D eigenvalue weighted by atomic mass is 10.0. The SMILES string of the molecule is NC(Cc1ccc(-c2ccccc2)cc1)C(=O)OC(=O)C(F)(F)F. The van der Waals surface area contributed by atoms with Gasteiger partial charge < -0.3 is 10.5 Å². The lowest BCUT2D eigenvalue weighted by Crippen LogP contribution is -2.38. The van der Waals surface area contributed by atoms with Crippen LogP contribution in [0, 0.1) is 0 Å². The summed E-state index contributed by atoms with van der Waals surface area (Å²) in [6.45, 7) is 0. The molecule has 0 heterocycles. The van der Waals surface area contributed by atoms with Crippen molar-refractivity contribution in [1.82, 2.24) is 0 Å². The Bertz CT molecular complexity index is 712. The Balaban J connectivity index is 1.98. The monoisotopic (exact) mass is 337 g/mol. The Morgan fingerprint density at radius 3 is 2.04 bits per heavy atom. The summed E-state index contributed by atoms with van der Waals surface area (Å²) < 4.78 is 39.8. The molecule has 2 aromatic carbocycles. The molecular formula is C17H14F3NO3. The van der Waals surface area contributed by atoms with Gasteiger partial charge in [0.15, 0.2) is 0 Å². The highest BCUT2D eigenvalue weighted by Crippen LogP contribution is 2.20. The standard InChI is InChI=1S/C17H14F3NO3/c18-17(19,20)16(23)24-15(22)14(21)10-11-6-8-13(9-7-11)12-4-2-1-3-5-12/h1-9,14H,10,21H2. The molecule has 0 aliphatic carbocycles. The zero-order chi connectivity index (χ0) is 17.7. The van der Waals surface area contributed by atoms with Gasteiger partial charge in [0.2, 0.25) is 0 Å². The zero-order valence-corrected chi connectivity index (χ0v) is 12.4. The second-order valence-electron chi connectivity index (χ2n) is 5.08. The van der Waals surface area contributed by atoms with Crippen molar-refractivity contribution in [2.75, 3.05) is 0 Å². The first-order valence-electron chi connectivity index (χ1n) is 7.00. The lowest BCUT2D eigenvalue weighted by molar-refractivity contribution is -0.202. The summed E-state index contributed by atoms with van der Waals surface area (Å²) in [4.78, 5) is 22.0. The third-order valence-electron chi connectivity index (χ3n) is 3.24. The third-order valence-corrected chi connectivity index (χ3v) is 3.24. The van der Waals surface area contributed by atoms with E-state index in [0.29, 0.717) is 5.56 Å². The van der Waals surface area contributed by atoms with Gasteiger partial charge in [0.05, 0.1) is 0 Å². The van der Waals surface area contributed by atoms with Crippen LogP contribution < -0.4 is 5.73 Å². The molecule has 0 saturated heterocycles. The molecule has 0 saturated carbocycles. The van der Waals surface area contributed by atoms with Crippen molar-refractivity contribution < 1.29 is 27.5 Å². The molecule has 0 bridgehead atoms. The smallest absolute Gasteiger partial charge is 0.385 e. The van der Waals surface area contributed by atoms with Crippen molar-refractivity contribution in [3.05, 3.63) is 60.2 Å². The summed E-state index contributed by atoms with van der Waals surface area (Å²) in [5, 5.41) is 0. The number of alkyl halides is 3. The molecule has 0 amide bonds. The zero-order valence-electron chi connectivity index (χ0n) is 12.4. The molecule has 0 aliphatic rings. The van der Waals surface area contributed by atoms with Crippen LogP contribution in [0.5, 0.6) is 0 Å². The van der Waals surface area contributed by atoms with Gasteiger partial charge in [0.25, 0.3) is 0 Å². The number of esters is 2. The van der Waals surface area contributed by atoms with Crippen molar-refractivity contribution in [3.63, 3.8) is 0 Å². The molecule has 1 unspecified atom stereocenters. The topological polar surface area (TPSA) is 69.4 Å². The Morgan fingerprint density at radius 2 is 1.50 bits per heavy atom. The summed E-state index contributed by atoms with van der Waals surface area (Å²) in [5.41, 5.74) is 8.08. The van der Waals surface area contributed by atoms with Crippen LogP contribution in [0.3, 0.4) is 0 Å². The van der Waals surface area contributed by atoms with Crippen LogP contribution in [0.2, 0.25) is 0 Å². The summed E-state index contributed by atoms with van der Waals surface area (Å²) in [5.74, 6) is -3.98. The third kappa shape index (κ3) is 4.66. The van der Waals surface area contributed by atoms with E-state index in [9.17, 15) is 22.8 Å². The molecule has 0 fully saturated rings. The van der Waals surface area contributed by atoms with Crippen LogP contribution in [0.4, 0.5) is 13.2 Å². The molecule has 0 spiro atoms. The predicted octanol–water partition coefficient (Wildman–Crippen LogP) is 2.86. The molecule has 7 heteroatoms. The van der Waals surface area contributed by atoms with E-state index in [-0.39, 0.29) is 6.42 Å². The maximum atomic E-state index is 12.0. The summed E-state index contributed by atoms with van der Waals surface area (Å²) in [7, 11) is 0. The fraction of sp³-hybridized carbons (Fsp3) is 0.176. The molecule has 0 aliphatic heterocycles. The van der Waals surface area contributed by atoms with E-state index in [1.165, 1.54) is 0 Å². The molecule has 2 rings (SSSR count). The fourth-order valence-electron chi connectivity index (χ4n) is 2.03. The van der Waals surface area contributed by atoms with Gasteiger partial charge in [-0.2, -0.15) is 13.2 Å². The number of carbonyl (C=O) groups is 2. The molecule has 0 radical (unpaired) electrons. The number of nitrogens with two attached hydrogens (primary N) is 1. The van der Waals surface area contributed by atoms with E-state index in [0.717, 1.165) is 11.1 Å². The minimum Gasteiger partial charge on any atom is -0.385 e. The van der Waals surface area contributed by atoms with E-state index in [2.05, 4.69) is 4.74 Å². The largest absolute Gasteiger partial charge is 0.491 e. The molecule has 126 valence electrons. The highest BCUT2D eigenvalue weighted by atomic mass is 19.4. The molecule has 0 aromatic heterocycles. The van der Waals surface area contributed by atoms with E-state index >= 15 is 0 Å². The number of rotatable bonds is 4. The second-order valence-corrected chi connectivity index (χ2v) is 5.08. The van der Waals surface area contributed by atoms with Crippen LogP contribution >= 0.6 is 0 Å². The van der Waals surface area contributed by atoms with Crippen molar-refractivity contribution in [3.8, 4) is 11.1 Å². The minimum atomic E-state index is -5.23. The maximum absolute atomic E-state index is 12.0. The van der Waals surface area contributed by atoms with Gasteiger partial charge >= 0.3 is 18.1 Å². The number of carbonyl (C=O) groups excluding carboxylic acids is 2. The van der Waals surface area contributed by atoms with Crippen LogP contribution in [0.1, 0.15) is 5.56 Å².